The summed E-state index contributed by atoms with van der Waals surface area (Å²) in [6, 6.07) is 11.4. The van der Waals surface area contributed by atoms with Gasteiger partial charge in [0, 0.05) is 25.3 Å². The molecule has 0 radical (unpaired) electrons. The second-order valence-electron chi connectivity index (χ2n) is 6.98. The highest BCUT2D eigenvalue weighted by atomic mass is 32.2. The first-order valence-corrected chi connectivity index (χ1v) is 11.0. The van der Waals surface area contributed by atoms with Crippen molar-refractivity contribution in [3.8, 4) is 0 Å². The van der Waals surface area contributed by atoms with E-state index in [4.69, 9.17) is 0 Å². The summed E-state index contributed by atoms with van der Waals surface area (Å²) in [4.78, 5) is 15.6. The van der Waals surface area contributed by atoms with Crippen molar-refractivity contribution >= 4 is 15.9 Å². The number of carbonyl (C=O) groups excluding carboxylic acids is 1. The summed E-state index contributed by atoms with van der Waals surface area (Å²) in [6.07, 6.45) is 5.77. The van der Waals surface area contributed by atoms with Gasteiger partial charge in [-0.15, -0.1) is 0 Å². The molecule has 1 aromatic heterocycles. The summed E-state index contributed by atoms with van der Waals surface area (Å²) in [6.45, 7) is 3.11. The SMILES string of the molecule is CC[C@H](Cc1ccccc1)NC(=O)c1cc(S(=O)(=O)N2CCCCC2)c[nH]1. The maximum atomic E-state index is 12.7. The molecule has 0 bridgehead atoms. The number of benzene rings is 1. The van der Waals surface area contributed by atoms with E-state index in [2.05, 4.69) is 10.3 Å². The number of piperidine rings is 1. The number of nitrogens with one attached hydrogen (secondary N) is 2. The van der Waals surface area contributed by atoms with Gasteiger partial charge in [0.25, 0.3) is 5.91 Å². The maximum absolute atomic E-state index is 12.7. The van der Waals surface area contributed by atoms with Crippen molar-refractivity contribution < 1.29 is 13.2 Å². The van der Waals surface area contributed by atoms with E-state index in [1.807, 2.05) is 37.3 Å². The van der Waals surface area contributed by atoms with Crippen molar-refractivity contribution in [3.63, 3.8) is 0 Å². The molecule has 1 aromatic carbocycles. The minimum Gasteiger partial charge on any atom is -0.356 e. The molecule has 1 aliphatic rings. The summed E-state index contributed by atoms with van der Waals surface area (Å²) >= 11 is 0. The number of H-pyrrole nitrogens is 1. The largest absolute Gasteiger partial charge is 0.356 e. The number of hydrogen-bond acceptors (Lipinski definition) is 3. The van der Waals surface area contributed by atoms with Crippen LogP contribution in [0, 0.1) is 0 Å². The normalized spacial score (nSPS) is 16.8. The van der Waals surface area contributed by atoms with Gasteiger partial charge in [0.05, 0.1) is 0 Å². The van der Waals surface area contributed by atoms with Crippen molar-refractivity contribution in [2.24, 2.45) is 0 Å². The average molecular weight is 390 g/mol. The van der Waals surface area contributed by atoms with Crippen molar-refractivity contribution in [3.05, 3.63) is 53.9 Å². The quantitative estimate of drug-likeness (QED) is 0.764. The Bertz CT molecular complexity index is 856. The lowest BCUT2D eigenvalue weighted by atomic mass is 10.0. The monoisotopic (exact) mass is 389 g/mol. The highest BCUT2D eigenvalue weighted by Crippen LogP contribution is 2.21. The van der Waals surface area contributed by atoms with Gasteiger partial charge >= 0.3 is 0 Å². The molecule has 27 heavy (non-hydrogen) atoms. The molecule has 146 valence electrons. The lowest BCUT2D eigenvalue weighted by molar-refractivity contribution is 0.0931. The minimum atomic E-state index is -3.54. The third-order valence-corrected chi connectivity index (χ3v) is 6.88. The van der Waals surface area contributed by atoms with Crippen LogP contribution in [-0.4, -0.2) is 42.7 Å². The molecule has 0 spiro atoms. The topological polar surface area (TPSA) is 82.3 Å². The van der Waals surface area contributed by atoms with Crippen LogP contribution in [0.2, 0.25) is 0 Å². The van der Waals surface area contributed by atoms with Crippen LogP contribution in [0.25, 0.3) is 0 Å². The van der Waals surface area contributed by atoms with Gasteiger partial charge < -0.3 is 10.3 Å². The number of hydrogen-bond donors (Lipinski definition) is 2. The standard InChI is InChI=1S/C20H27N3O3S/c1-2-17(13-16-9-5-3-6-10-16)22-20(24)19-14-18(15-21-19)27(25,26)23-11-7-4-8-12-23/h3,5-6,9-10,14-15,17,21H,2,4,7-8,11-13H2,1H3,(H,22,24)/t17-/m1/s1. The molecular formula is C20H27N3O3S. The molecule has 2 aromatic rings. The fourth-order valence-electron chi connectivity index (χ4n) is 3.37. The fraction of sp³-hybridized carbons (Fsp3) is 0.450. The van der Waals surface area contributed by atoms with E-state index in [0.29, 0.717) is 13.1 Å². The Hall–Kier alpha value is -2.12. The molecule has 0 saturated carbocycles. The molecular weight excluding hydrogens is 362 g/mol. The van der Waals surface area contributed by atoms with E-state index >= 15 is 0 Å². The minimum absolute atomic E-state index is 0.00893. The molecule has 1 amide bonds. The molecule has 2 heterocycles. The summed E-state index contributed by atoms with van der Waals surface area (Å²) in [7, 11) is -3.54. The fourth-order valence-corrected chi connectivity index (χ4v) is 4.88. The average Bonchev–Trinajstić information content (AvgIpc) is 3.20. The Morgan fingerprint density at radius 1 is 1.19 bits per heavy atom. The Kier molecular flexibility index (Phi) is 6.34. The zero-order valence-electron chi connectivity index (χ0n) is 15.6. The van der Waals surface area contributed by atoms with Gasteiger partial charge in [-0.25, -0.2) is 8.42 Å². The van der Waals surface area contributed by atoms with E-state index < -0.39 is 10.0 Å². The molecule has 0 unspecified atom stereocenters. The molecule has 1 atom stereocenters. The molecule has 7 heteroatoms. The summed E-state index contributed by atoms with van der Waals surface area (Å²) in [5, 5.41) is 3.00. The van der Waals surface area contributed by atoms with E-state index in [1.165, 1.54) is 16.6 Å². The lowest BCUT2D eigenvalue weighted by Gasteiger charge is -2.25. The molecule has 1 fully saturated rings. The van der Waals surface area contributed by atoms with E-state index in [9.17, 15) is 13.2 Å². The summed E-state index contributed by atoms with van der Waals surface area (Å²) in [5.74, 6) is -0.280. The predicted octanol–water partition coefficient (Wildman–Crippen LogP) is 2.94. The Balaban J connectivity index is 1.67. The van der Waals surface area contributed by atoms with Crippen LogP contribution in [0.15, 0.2) is 47.5 Å². The van der Waals surface area contributed by atoms with Crippen molar-refractivity contribution in [2.45, 2.75) is 50.0 Å². The van der Waals surface area contributed by atoms with Crippen LogP contribution >= 0.6 is 0 Å². The van der Waals surface area contributed by atoms with E-state index in [0.717, 1.165) is 37.7 Å². The van der Waals surface area contributed by atoms with E-state index in [-0.39, 0.29) is 22.5 Å². The first-order chi connectivity index (χ1) is 13.0. The number of carbonyl (C=O) groups is 1. The number of rotatable bonds is 7. The van der Waals surface area contributed by atoms with Gasteiger partial charge in [-0.3, -0.25) is 4.79 Å². The van der Waals surface area contributed by atoms with Gasteiger partial charge in [-0.2, -0.15) is 4.31 Å². The number of nitrogens with zero attached hydrogens (tertiary/aromatic N) is 1. The van der Waals surface area contributed by atoms with E-state index in [1.54, 1.807) is 0 Å². The van der Waals surface area contributed by atoms with Gasteiger partial charge in [-0.1, -0.05) is 43.7 Å². The highest BCUT2D eigenvalue weighted by molar-refractivity contribution is 7.89. The predicted molar refractivity (Wildman–Crippen MR) is 105 cm³/mol. The van der Waals surface area contributed by atoms with Crippen molar-refractivity contribution in [1.82, 2.24) is 14.6 Å². The van der Waals surface area contributed by atoms with Gasteiger partial charge in [0.2, 0.25) is 10.0 Å². The summed E-state index contributed by atoms with van der Waals surface area (Å²) in [5.41, 5.74) is 1.43. The third kappa shape index (κ3) is 4.78. The van der Waals surface area contributed by atoms with Crippen LogP contribution < -0.4 is 5.32 Å². The van der Waals surface area contributed by atoms with Crippen LogP contribution in [0.3, 0.4) is 0 Å². The van der Waals surface area contributed by atoms with Crippen molar-refractivity contribution in [2.75, 3.05) is 13.1 Å². The zero-order valence-corrected chi connectivity index (χ0v) is 16.5. The van der Waals surface area contributed by atoms with Crippen LogP contribution in [0.1, 0.15) is 48.7 Å². The number of amides is 1. The third-order valence-electron chi connectivity index (χ3n) is 5.01. The lowest BCUT2D eigenvalue weighted by Crippen LogP contribution is -2.36. The maximum Gasteiger partial charge on any atom is 0.267 e. The number of aromatic amines is 1. The van der Waals surface area contributed by atoms with Gasteiger partial charge in [0.1, 0.15) is 10.6 Å². The Labute approximate surface area is 161 Å². The Morgan fingerprint density at radius 2 is 1.89 bits per heavy atom. The van der Waals surface area contributed by atoms with Crippen LogP contribution in [0.5, 0.6) is 0 Å². The second kappa shape index (κ2) is 8.71. The molecule has 2 N–H and O–H groups in total. The van der Waals surface area contributed by atoms with Crippen LogP contribution in [0.4, 0.5) is 0 Å². The summed E-state index contributed by atoms with van der Waals surface area (Å²) < 4.78 is 26.9. The second-order valence-corrected chi connectivity index (χ2v) is 8.92. The number of aromatic nitrogens is 1. The molecule has 6 nitrogen and oxygen atoms in total. The first kappa shape index (κ1) is 19.6. The van der Waals surface area contributed by atoms with Crippen molar-refractivity contribution in [1.29, 1.82) is 0 Å². The van der Waals surface area contributed by atoms with Gasteiger partial charge in [-0.05, 0) is 37.3 Å². The molecule has 3 rings (SSSR count). The molecule has 1 saturated heterocycles. The number of sulfonamides is 1. The molecule has 1 aliphatic heterocycles. The smallest absolute Gasteiger partial charge is 0.267 e. The first-order valence-electron chi connectivity index (χ1n) is 9.54. The highest BCUT2D eigenvalue weighted by Gasteiger charge is 2.27. The molecule has 0 aliphatic carbocycles. The van der Waals surface area contributed by atoms with Gasteiger partial charge in [0.15, 0.2) is 0 Å². The zero-order chi connectivity index (χ0) is 19.3. The Morgan fingerprint density at radius 3 is 2.56 bits per heavy atom. The van der Waals surface area contributed by atoms with Crippen LogP contribution in [-0.2, 0) is 16.4 Å².